The van der Waals surface area contributed by atoms with E-state index in [1.54, 1.807) is 16.7 Å². The number of aryl methyl sites for hydroxylation is 3. The van der Waals surface area contributed by atoms with Crippen LogP contribution in [0.2, 0.25) is 0 Å². The smallest absolute Gasteiger partial charge is 0.333 e. The third kappa shape index (κ3) is 4.46. The van der Waals surface area contributed by atoms with E-state index in [1.807, 2.05) is 32.9 Å². The maximum atomic E-state index is 13.3. The van der Waals surface area contributed by atoms with E-state index in [0.29, 0.717) is 24.6 Å². The van der Waals surface area contributed by atoms with Crippen LogP contribution in [0.25, 0.3) is 11.2 Å². The molecule has 2 aromatic heterocycles. The van der Waals surface area contributed by atoms with Crippen LogP contribution in [-0.2, 0) is 31.0 Å². The summed E-state index contributed by atoms with van der Waals surface area (Å²) >= 11 is 0. The van der Waals surface area contributed by atoms with E-state index in [1.165, 1.54) is 4.57 Å². The average molecular weight is 428 g/mol. The second kappa shape index (κ2) is 9.74. The Morgan fingerprint density at radius 3 is 2.45 bits per heavy atom. The number of fused-ring (bicyclic) bond motifs is 1. The molecule has 0 aliphatic carbocycles. The Morgan fingerprint density at radius 1 is 1.06 bits per heavy atom. The van der Waals surface area contributed by atoms with Gasteiger partial charge >= 0.3 is 5.69 Å². The van der Waals surface area contributed by atoms with Crippen molar-refractivity contribution in [2.24, 2.45) is 0 Å². The van der Waals surface area contributed by atoms with Crippen molar-refractivity contribution in [1.82, 2.24) is 18.7 Å². The van der Waals surface area contributed by atoms with Gasteiger partial charge in [-0.3, -0.25) is 14.2 Å². The van der Waals surface area contributed by atoms with Crippen molar-refractivity contribution in [3.05, 3.63) is 56.5 Å². The lowest BCUT2D eigenvalue weighted by molar-refractivity contribution is -0.116. The van der Waals surface area contributed by atoms with Gasteiger partial charge in [-0.2, -0.15) is 0 Å². The SMILES string of the molecule is CCCCn1c(=O)n(CC(=O)Nc2ccccc2C)c(=O)c2c1nc(CO)n2CCC. The number of nitrogens with one attached hydrogen (secondary N) is 1. The van der Waals surface area contributed by atoms with Crippen molar-refractivity contribution in [1.29, 1.82) is 0 Å². The fourth-order valence-electron chi connectivity index (χ4n) is 3.62. The summed E-state index contributed by atoms with van der Waals surface area (Å²) in [6.45, 7) is 5.93. The van der Waals surface area contributed by atoms with Gasteiger partial charge in [-0.25, -0.2) is 14.3 Å². The summed E-state index contributed by atoms with van der Waals surface area (Å²) in [5.41, 5.74) is 0.866. The summed E-state index contributed by atoms with van der Waals surface area (Å²) in [5.74, 6) is -0.125. The number of anilines is 1. The minimum Gasteiger partial charge on any atom is -0.388 e. The Hall–Kier alpha value is -3.20. The van der Waals surface area contributed by atoms with Crippen LogP contribution in [0.1, 0.15) is 44.5 Å². The van der Waals surface area contributed by atoms with Crippen LogP contribution in [0.15, 0.2) is 33.9 Å². The van der Waals surface area contributed by atoms with E-state index < -0.39 is 23.7 Å². The number of carbonyl (C=O) groups excluding carboxylic acids is 1. The molecule has 2 N–H and O–H groups in total. The minimum atomic E-state index is -0.576. The lowest BCUT2D eigenvalue weighted by Crippen LogP contribution is -2.43. The quantitative estimate of drug-likeness (QED) is 0.543. The summed E-state index contributed by atoms with van der Waals surface area (Å²) < 4.78 is 4.04. The Morgan fingerprint density at radius 2 is 1.81 bits per heavy atom. The fourth-order valence-corrected chi connectivity index (χ4v) is 3.62. The monoisotopic (exact) mass is 427 g/mol. The average Bonchev–Trinajstić information content (AvgIpc) is 3.11. The molecule has 166 valence electrons. The van der Waals surface area contributed by atoms with Crippen LogP contribution >= 0.6 is 0 Å². The predicted molar refractivity (Wildman–Crippen MR) is 119 cm³/mol. The number of hydrogen-bond acceptors (Lipinski definition) is 5. The maximum absolute atomic E-state index is 13.3. The molecule has 1 amide bonds. The molecule has 0 aliphatic heterocycles. The van der Waals surface area contributed by atoms with E-state index in [9.17, 15) is 19.5 Å². The lowest BCUT2D eigenvalue weighted by atomic mass is 10.2. The first-order valence-electron chi connectivity index (χ1n) is 10.6. The van der Waals surface area contributed by atoms with Crippen molar-refractivity contribution in [2.75, 3.05) is 5.32 Å². The standard InChI is InChI=1S/C22H29N5O4/c1-4-6-12-26-20-19(25(11-5-2)17(14-28)24-20)21(30)27(22(26)31)13-18(29)23-16-10-8-7-9-15(16)3/h7-10,28H,4-6,11-14H2,1-3H3,(H,23,29). The highest BCUT2D eigenvalue weighted by Gasteiger charge is 2.22. The Bertz CT molecular complexity index is 1210. The number of nitrogens with zero attached hydrogens (tertiary/aromatic N) is 4. The molecular formula is C22H29N5O4. The van der Waals surface area contributed by atoms with Crippen molar-refractivity contribution in [3.8, 4) is 0 Å². The number of benzene rings is 1. The number of rotatable bonds is 9. The van der Waals surface area contributed by atoms with Crippen molar-refractivity contribution in [2.45, 2.75) is 66.3 Å². The molecule has 3 rings (SSSR count). The molecular weight excluding hydrogens is 398 g/mol. The highest BCUT2D eigenvalue weighted by Crippen LogP contribution is 2.15. The number of aliphatic hydroxyl groups is 1. The molecule has 0 saturated carbocycles. The molecule has 2 heterocycles. The molecule has 31 heavy (non-hydrogen) atoms. The van der Waals surface area contributed by atoms with Crippen molar-refractivity contribution >= 4 is 22.8 Å². The van der Waals surface area contributed by atoms with E-state index in [4.69, 9.17) is 0 Å². The molecule has 0 aliphatic rings. The van der Waals surface area contributed by atoms with Crippen molar-refractivity contribution in [3.63, 3.8) is 0 Å². The van der Waals surface area contributed by atoms with Gasteiger partial charge in [-0.15, -0.1) is 0 Å². The Labute approximate surface area is 180 Å². The van der Waals surface area contributed by atoms with Gasteiger partial charge in [-0.05, 0) is 31.4 Å². The first-order valence-corrected chi connectivity index (χ1v) is 10.6. The number of amides is 1. The summed E-state index contributed by atoms with van der Waals surface area (Å²) in [4.78, 5) is 43.5. The first kappa shape index (κ1) is 22.5. The second-order valence-corrected chi connectivity index (χ2v) is 7.55. The normalized spacial score (nSPS) is 11.2. The number of carbonyl (C=O) groups is 1. The molecule has 3 aromatic rings. The molecule has 0 bridgehead atoms. The fraction of sp³-hybridized carbons (Fsp3) is 0.455. The zero-order chi connectivity index (χ0) is 22.5. The molecule has 0 atom stereocenters. The summed E-state index contributed by atoms with van der Waals surface area (Å²) in [6, 6.07) is 7.30. The third-order valence-corrected chi connectivity index (χ3v) is 5.24. The van der Waals surface area contributed by atoms with Gasteiger partial charge in [0.2, 0.25) is 5.91 Å². The molecule has 0 unspecified atom stereocenters. The molecule has 0 fully saturated rings. The van der Waals surface area contributed by atoms with Crippen LogP contribution in [0.4, 0.5) is 5.69 Å². The van der Waals surface area contributed by atoms with Crippen LogP contribution in [-0.4, -0.2) is 29.7 Å². The summed E-state index contributed by atoms with van der Waals surface area (Å²) in [7, 11) is 0. The molecule has 0 radical (unpaired) electrons. The van der Waals surface area contributed by atoms with E-state index in [-0.39, 0.29) is 17.8 Å². The topological polar surface area (TPSA) is 111 Å². The number of aliphatic hydroxyl groups excluding tert-OH is 1. The van der Waals surface area contributed by atoms with Gasteiger partial charge in [0.05, 0.1) is 0 Å². The van der Waals surface area contributed by atoms with Crippen LogP contribution < -0.4 is 16.6 Å². The largest absolute Gasteiger partial charge is 0.388 e. The first-order chi connectivity index (χ1) is 14.9. The summed E-state index contributed by atoms with van der Waals surface area (Å²) in [5, 5.41) is 12.5. The third-order valence-electron chi connectivity index (χ3n) is 5.24. The summed E-state index contributed by atoms with van der Waals surface area (Å²) in [6.07, 6.45) is 2.29. The second-order valence-electron chi connectivity index (χ2n) is 7.55. The van der Waals surface area contributed by atoms with Crippen molar-refractivity contribution < 1.29 is 9.90 Å². The highest BCUT2D eigenvalue weighted by atomic mass is 16.3. The maximum Gasteiger partial charge on any atom is 0.333 e. The molecule has 1 aromatic carbocycles. The van der Waals surface area contributed by atoms with Crippen LogP contribution in [0.3, 0.4) is 0 Å². The van der Waals surface area contributed by atoms with Gasteiger partial charge < -0.3 is 15.0 Å². The number of hydrogen-bond donors (Lipinski definition) is 2. The number of imidazole rings is 1. The van der Waals surface area contributed by atoms with Gasteiger partial charge in [0, 0.05) is 18.8 Å². The predicted octanol–water partition coefficient (Wildman–Crippen LogP) is 2.01. The Kier molecular flexibility index (Phi) is 7.06. The molecule has 0 saturated heterocycles. The zero-order valence-corrected chi connectivity index (χ0v) is 18.2. The molecule has 9 heteroatoms. The molecule has 9 nitrogen and oxygen atoms in total. The molecule has 0 spiro atoms. The van der Waals surface area contributed by atoms with Gasteiger partial charge in [0.1, 0.15) is 19.0 Å². The zero-order valence-electron chi connectivity index (χ0n) is 18.2. The van der Waals surface area contributed by atoms with Gasteiger partial charge in [0.15, 0.2) is 11.2 Å². The number of para-hydroxylation sites is 1. The lowest BCUT2D eigenvalue weighted by Gasteiger charge is -2.13. The van der Waals surface area contributed by atoms with Crippen LogP contribution in [0.5, 0.6) is 0 Å². The number of unbranched alkanes of at least 4 members (excludes halogenated alkanes) is 1. The van der Waals surface area contributed by atoms with E-state index in [2.05, 4.69) is 10.3 Å². The number of aromatic nitrogens is 4. The van der Waals surface area contributed by atoms with Gasteiger partial charge in [0.25, 0.3) is 5.56 Å². The minimum absolute atomic E-state index is 0.241. The van der Waals surface area contributed by atoms with E-state index in [0.717, 1.165) is 29.4 Å². The van der Waals surface area contributed by atoms with E-state index >= 15 is 0 Å². The Balaban J connectivity index is 2.13. The van der Waals surface area contributed by atoms with Gasteiger partial charge in [-0.1, -0.05) is 38.5 Å². The van der Waals surface area contributed by atoms with Crippen LogP contribution in [0, 0.1) is 6.92 Å². The highest BCUT2D eigenvalue weighted by molar-refractivity contribution is 5.91.